The monoisotopic (exact) mass is 259 g/mol. The molecule has 0 saturated heterocycles. The maximum atomic E-state index is 6.08. The van der Waals surface area contributed by atoms with Crippen molar-refractivity contribution in [3.8, 4) is 0 Å². The van der Waals surface area contributed by atoms with Crippen molar-refractivity contribution in [2.75, 3.05) is 5.32 Å². The van der Waals surface area contributed by atoms with Crippen LogP contribution in [0.1, 0.15) is 5.56 Å². The molecule has 3 aromatic rings. The fourth-order valence-corrected chi connectivity index (χ4v) is 1.83. The van der Waals surface area contributed by atoms with Crippen LogP contribution in [0.4, 0.5) is 11.5 Å². The van der Waals surface area contributed by atoms with E-state index >= 15 is 0 Å². The van der Waals surface area contributed by atoms with Crippen LogP contribution in [-0.4, -0.2) is 19.6 Å². The number of nitrogens with zero attached hydrogens (tertiary/aromatic N) is 4. The molecule has 18 heavy (non-hydrogen) atoms. The SMILES string of the molecule is Cc1ccc(Nc2nccn3cnnc23)cc1Cl. The van der Waals surface area contributed by atoms with Gasteiger partial charge in [-0.15, -0.1) is 10.2 Å². The summed E-state index contributed by atoms with van der Waals surface area (Å²) in [6, 6.07) is 5.76. The Balaban J connectivity index is 2.01. The number of hydrogen-bond donors (Lipinski definition) is 1. The summed E-state index contributed by atoms with van der Waals surface area (Å²) in [5.41, 5.74) is 2.58. The Labute approximate surface area is 108 Å². The smallest absolute Gasteiger partial charge is 0.203 e. The van der Waals surface area contributed by atoms with Crippen molar-refractivity contribution in [1.29, 1.82) is 0 Å². The van der Waals surface area contributed by atoms with Gasteiger partial charge in [-0.05, 0) is 24.6 Å². The van der Waals surface area contributed by atoms with Gasteiger partial charge in [0.25, 0.3) is 0 Å². The first-order valence-electron chi connectivity index (χ1n) is 5.41. The van der Waals surface area contributed by atoms with Gasteiger partial charge in [-0.2, -0.15) is 0 Å². The number of anilines is 2. The van der Waals surface area contributed by atoms with Gasteiger partial charge in [-0.25, -0.2) is 4.98 Å². The van der Waals surface area contributed by atoms with Crippen molar-refractivity contribution in [2.24, 2.45) is 0 Å². The number of hydrogen-bond acceptors (Lipinski definition) is 4. The molecular formula is C12H10ClN5. The number of nitrogens with one attached hydrogen (secondary N) is 1. The molecular weight excluding hydrogens is 250 g/mol. The maximum absolute atomic E-state index is 6.08. The first-order valence-corrected chi connectivity index (χ1v) is 5.79. The second-order valence-corrected chi connectivity index (χ2v) is 4.33. The average molecular weight is 260 g/mol. The Morgan fingerprint density at radius 2 is 2.22 bits per heavy atom. The molecule has 6 heteroatoms. The molecule has 0 aliphatic carbocycles. The van der Waals surface area contributed by atoms with Gasteiger partial charge in [0, 0.05) is 23.1 Å². The highest BCUT2D eigenvalue weighted by Crippen LogP contribution is 2.23. The lowest BCUT2D eigenvalue weighted by Crippen LogP contribution is -1.97. The first-order chi connectivity index (χ1) is 8.74. The van der Waals surface area contributed by atoms with E-state index in [1.807, 2.05) is 25.1 Å². The Morgan fingerprint density at radius 1 is 1.33 bits per heavy atom. The zero-order chi connectivity index (χ0) is 12.5. The molecule has 90 valence electrons. The molecule has 0 saturated carbocycles. The van der Waals surface area contributed by atoms with Gasteiger partial charge in [-0.1, -0.05) is 17.7 Å². The van der Waals surface area contributed by atoms with Gasteiger partial charge in [0.2, 0.25) is 5.65 Å². The van der Waals surface area contributed by atoms with Crippen LogP contribution in [0.15, 0.2) is 36.9 Å². The van der Waals surface area contributed by atoms with E-state index in [4.69, 9.17) is 11.6 Å². The summed E-state index contributed by atoms with van der Waals surface area (Å²) in [4.78, 5) is 4.25. The highest BCUT2D eigenvalue weighted by Gasteiger charge is 2.05. The van der Waals surface area contributed by atoms with E-state index < -0.39 is 0 Å². The molecule has 0 spiro atoms. The van der Waals surface area contributed by atoms with Crippen molar-refractivity contribution in [2.45, 2.75) is 6.92 Å². The summed E-state index contributed by atoms with van der Waals surface area (Å²) in [5.74, 6) is 0.648. The zero-order valence-electron chi connectivity index (χ0n) is 9.63. The predicted octanol–water partition coefficient (Wildman–Crippen LogP) is 2.83. The van der Waals surface area contributed by atoms with Crippen molar-refractivity contribution >= 4 is 28.8 Å². The molecule has 0 atom stereocenters. The molecule has 3 rings (SSSR count). The Kier molecular flexibility index (Phi) is 2.60. The minimum atomic E-state index is 0.648. The standard InChI is InChI=1S/C12H10ClN5/c1-8-2-3-9(6-10(8)13)16-11-12-17-15-7-18(12)5-4-14-11/h2-7H,1H3,(H,14,16). The highest BCUT2D eigenvalue weighted by atomic mass is 35.5. The van der Waals surface area contributed by atoms with Crippen LogP contribution in [0.5, 0.6) is 0 Å². The first kappa shape index (κ1) is 11.0. The topological polar surface area (TPSA) is 55.1 Å². The van der Waals surface area contributed by atoms with Crippen LogP contribution in [-0.2, 0) is 0 Å². The van der Waals surface area contributed by atoms with E-state index in [2.05, 4.69) is 20.5 Å². The third-order valence-corrected chi connectivity index (χ3v) is 3.06. The van der Waals surface area contributed by atoms with E-state index in [0.717, 1.165) is 11.3 Å². The Bertz CT molecular complexity index is 707. The van der Waals surface area contributed by atoms with E-state index in [1.54, 1.807) is 23.1 Å². The summed E-state index contributed by atoms with van der Waals surface area (Å²) in [5, 5.41) is 11.8. The largest absolute Gasteiger partial charge is 0.337 e. The second kappa shape index (κ2) is 4.27. The highest BCUT2D eigenvalue weighted by molar-refractivity contribution is 6.31. The summed E-state index contributed by atoms with van der Waals surface area (Å²) in [7, 11) is 0. The van der Waals surface area contributed by atoms with Crippen LogP contribution >= 0.6 is 11.6 Å². The van der Waals surface area contributed by atoms with Crippen LogP contribution in [0.2, 0.25) is 5.02 Å². The molecule has 0 radical (unpaired) electrons. The number of halogens is 1. The van der Waals surface area contributed by atoms with Gasteiger partial charge in [-0.3, -0.25) is 4.40 Å². The number of fused-ring (bicyclic) bond motifs is 1. The summed E-state index contributed by atoms with van der Waals surface area (Å²) in [6.45, 7) is 1.96. The fraction of sp³-hybridized carbons (Fsp3) is 0.0833. The molecule has 0 fully saturated rings. The van der Waals surface area contributed by atoms with Gasteiger partial charge >= 0.3 is 0 Å². The predicted molar refractivity (Wildman–Crippen MR) is 70.3 cm³/mol. The minimum absolute atomic E-state index is 0.648. The van der Waals surface area contributed by atoms with E-state index in [9.17, 15) is 0 Å². The van der Waals surface area contributed by atoms with Crippen molar-refractivity contribution in [3.05, 3.63) is 47.5 Å². The normalized spacial score (nSPS) is 10.8. The number of aryl methyl sites for hydroxylation is 1. The summed E-state index contributed by atoms with van der Waals surface area (Å²) in [6.07, 6.45) is 5.11. The zero-order valence-corrected chi connectivity index (χ0v) is 10.4. The second-order valence-electron chi connectivity index (χ2n) is 3.93. The molecule has 0 aliphatic heterocycles. The summed E-state index contributed by atoms with van der Waals surface area (Å²) >= 11 is 6.08. The Hall–Kier alpha value is -2.14. The number of aromatic nitrogens is 4. The van der Waals surface area contributed by atoms with E-state index in [0.29, 0.717) is 16.5 Å². The molecule has 1 aromatic carbocycles. The van der Waals surface area contributed by atoms with Crippen LogP contribution in [0.3, 0.4) is 0 Å². The van der Waals surface area contributed by atoms with Gasteiger partial charge in [0.15, 0.2) is 5.82 Å². The molecule has 0 aliphatic rings. The summed E-state index contributed by atoms with van der Waals surface area (Å²) < 4.78 is 1.80. The minimum Gasteiger partial charge on any atom is -0.337 e. The maximum Gasteiger partial charge on any atom is 0.203 e. The van der Waals surface area contributed by atoms with Gasteiger partial charge in [0.05, 0.1) is 0 Å². The molecule has 0 unspecified atom stereocenters. The van der Waals surface area contributed by atoms with E-state index in [1.165, 1.54) is 0 Å². The Morgan fingerprint density at radius 3 is 3.06 bits per heavy atom. The number of benzene rings is 1. The molecule has 1 N–H and O–H groups in total. The molecule has 2 aromatic heterocycles. The van der Waals surface area contributed by atoms with Crippen molar-refractivity contribution in [1.82, 2.24) is 19.6 Å². The van der Waals surface area contributed by atoms with Crippen LogP contribution < -0.4 is 5.32 Å². The number of rotatable bonds is 2. The quantitative estimate of drug-likeness (QED) is 0.769. The average Bonchev–Trinajstić information content (AvgIpc) is 2.83. The van der Waals surface area contributed by atoms with Crippen molar-refractivity contribution < 1.29 is 0 Å². The van der Waals surface area contributed by atoms with Crippen molar-refractivity contribution in [3.63, 3.8) is 0 Å². The molecule has 0 bridgehead atoms. The fourth-order valence-electron chi connectivity index (χ4n) is 1.65. The lowest BCUT2D eigenvalue weighted by molar-refractivity contribution is 1.10. The van der Waals surface area contributed by atoms with Gasteiger partial charge < -0.3 is 5.32 Å². The lowest BCUT2D eigenvalue weighted by Gasteiger charge is -2.07. The third-order valence-electron chi connectivity index (χ3n) is 2.65. The van der Waals surface area contributed by atoms with E-state index in [-0.39, 0.29) is 0 Å². The van der Waals surface area contributed by atoms with Crippen LogP contribution in [0.25, 0.3) is 5.65 Å². The van der Waals surface area contributed by atoms with Crippen LogP contribution in [0, 0.1) is 6.92 Å². The molecule has 0 amide bonds. The third kappa shape index (κ3) is 1.89. The molecule has 2 heterocycles. The molecule has 5 nitrogen and oxygen atoms in total. The van der Waals surface area contributed by atoms with Gasteiger partial charge in [0.1, 0.15) is 6.33 Å². The lowest BCUT2D eigenvalue weighted by atomic mass is 10.2.